The Morgan fingerprint density at radius 1 is 0.929 bits per heavy atom. The van der Waals surface area contributed by atoms with Crippen LogP contribution in [0, 0.1) is 13.8 Å². The first kappa shape index (κ1) is 17.3. The third-order valence-corrected chi connectivity index (χ3v) is 6.55. The predicted molar refractivity (Wildman–Crippen MR) is 115 cm³/mol. The molecule has 138 valence electrons. The molecule has 1 aliphatic carbocycles. The molecule has 5 rings (SSSR count). The normalized spacial score (nSPS) is 14.5. The number of aliphatic hydroxyl groups is 1. The Morgan fingerprint density at radius 2 is 1.64 bits per heavy atom. The summed E-state index contributed by atoms with van der Waals surface area (Å²) in [6.45, 7) is 4.14. The Morgan fingerprint density at radius 3 is 2.29 bits per heavy atom. The minimum Gasteiger partial charge on any atom is -0.392 e. The molecule has 0 bridgehead atoms. The van der Waals surface area contributed by atoms with Crippen molar-refractivity contribution >= 4 is 21.7 Å². The molecule has 0 saturated carbocycles. The molecule has 0 radical (unpaired) electrons. The van der Waals surface area contributed by atoms with Crippen LogP contribution in [0.15, 0.2) is 66.7 Å². The van der Waals surface area contributed by atoms with E-state index in [-0.39, 0.29) is 12.0 Å². The Bertz CT molecular complexity index is 1200. The fourth-order valence-corrected chi connectivity index (χ4v) is 4.77. The first-order chi connectivity index (χ1) is 13.6. The van der Waals surface area contributed by atoms with Gasteiger partial charge in [-0.05, 0) is 60.4 Å². The van der Waals surface area contributed by atoms with Crippen molar-refractivity contribution in [2.75, 3.05) is 0 Å². The topological polar surface area (TPSA) is 46.0 Å². The monoisotopic (exact) mass is 384 g/mol. The van der Waals surface area contributed by atoms with Gasteiger partial charge in [0.15, 0.2) is 0 Å². The molecule has 0 fully saturated rings. The standard InChI is InChI=1S/C24H20N2OS/c1-15-12-17(13-16(2)19(15)14-27)22-25-20-8-9-21(26-23(20)28-22)24(10-11-24)18-6-4-3-5-7-18/h3-13,27H,14H2,1-2H3. The lowest BCUT2D eigenvalue weighted by atomic mass is 9.89. The van der Waals surface area contributed by atoms with Crippen LogP contribution in [0.4, 0.5) is 0 Å². The second kappa shape index (κ2) is 6.36. The van der Waals surface area contributed by atoms with Crippen molar-refractivity contribution in [1.29, 1.82) is 0 Å². The number of hydrogen-bond donors (Lipinski definition) is 1. The lowest BCUT2D eigenvalue weighted by molar-refractivity contribution is 0.280. The summed E-state index contributed by atoms with van der Waals surface area (Å²) in [5.41, 5.74) is 7.31. The molecule has 4 aromatic rings. The number of pyridine rings is 1. The number of rotatable bonds is 4. The van der Waals surface area contributed by atoms with Crippen LogP contribution in [0.3, 0.4) is 0 Å². The highest BCUT2D eigenvalue weighted by molar-refractivity contribution is 7.21. The first-order valence-corrected chi connectivity index (χ1v) is 10.2. The van der Waals surface area contributed by atoms with Crippen LogP contribution < -0.4 is 0 Å². The van der Waals surface area contributed by atoms with Gasteiger partial charge in [-0.1, -0.05) is 53.8 Å². The minimum atomic E-state index is -0.171. The van der Waals surface area contributed by atoms with Gasteiger partial charge in [0.2, 0.25) is 0 Å². The molecule has 0 spiro atoms. The smallest absolute Gasteiger partial charge is 0.144 e. The summed E-state index contributed by atoms with van der Waals surface area (Å²) in [6, 6.07) is 18.8. The number of fused-ring (bicyclic) bond motifs is 1. The zero-order chi connectivity index (χ0) is 19.3. The zero-order valence-electron chi connectivity index (χ0n) is 15.8. The Labute approximate surface area is 168 Å². The fourth-order valence-electron chi connectivity index (χ4n) is 3.85. The number of aryl methyl sites for hydroxylation is 2. The van der Waals surface area contributed by atoms with E-state index in [1.165, 1.54) is 5.56 Å². The molecule has 2 aromatic carbocycles. The van der Waals surface area contributed by atoms with E-state index in [4.69, 9.17) is 9.97 Å². The molecular weight excluding hydrogens is 364 g/mol. The quantitative estimate of drug-likeness (QED) is 0.484. The second-order valence-corrected chi connectivity index (χ2v) is 8.33. The second-order valence-electron chi connectivity index (χ2n) is 7.35. The fraction of sp³-hybridized carbons (Fsp3) is 0.167. The molecule has 0 unspecified atom stereocenters. The van der Waals surface area contributed by atoms with Gasteiger partial charge in [-0.25, -0.2) is 9.97 Å². The van der Waals surface area contributed by atoms with Gasteiger partial charge < -0.3 is 5.11 Å². The van der Waals surface area contributed by atoms with E-state index in [0.29, 0.717) is 0 Å². The van der Waals surface area contributed by atoms with Gasteiger partial charge in [-0.3, -0.25) is 0 Å². The van der Waals surface area contributed by atoms with Crippen LogP contribution in [0.2, 0.25) is 0 Å². The van der Waals surface area contributed by atoms with E-state index in [2.05, 4.69) is 60.7 Å². The number of thiazole rings is 1. The molecule has 1 N–H and O–H groups in total. The average molecular weight is 385 g/mol. The summed E-state index contributed by atoms with van der Waals surface area (Å²) in [4.78, 5) is 10.7. The SMILES string of the molecule is Cc1cc(-c2nc3ccc(C4(c5ccccc5)C=C4)nc3s2)cc(C)c1CO. The van der Waals surface area contributed by atoms with E-state index in [0.717, 1.165) is 43.3 Å². The number of hydrogen-bond acceptors (Lipinski definition) is 4. The van der Waals surface area contributed by atoms with Crippen molar-refractivity contribution in [2.45, 2.75) is 25.9 Å². The van der Waals surface area contributed by atoms with Gasteiger partial charge in [0, 0.05) is 5.56 Å². The maximum absolute atomic E-state index is 9.55. The van der Waals surface area contributed by atoms with Crippen molar-refractivity contribution < 1.29 is 5.11 Å². The number of allylic oxidation sites excluding steroid dienone is 2. The highest BCUT2D eigenvalue weighted by Gasteiger charge is 2.39. The lowest BCUT2D eigenvalue weighted by Gasteiger charge is -2.15. The Hall–Kier alpha value is -2.82. The van der Waals surface area contributed by atoms with Crippen LogP contribution in [-0.4, -0.2) is 15.1 Å². The molecule has 0 amide bonds. The Kier molecular flexibility index (Phi) is 3.93. The van der Waals surface area contributed by atoms with Crippen molar-refractivity contribution in [3.05, 3.63) is 94.7 Å². The largest absolute Gasteiger partial charge is 0.392 e. The third kappa shape index (κ3) is 2.68. The van der Waals surface area contributed by atoms with Crippen molar-refractivity contribution in [1.82, 2.24) is 9.97 Å². The molecule has 4 heteroatoms. The molecular formula is C24H20N2OS. The van der Waals surface area contributed by atoms with Crippen LogP contribution in [0.25, 0.3) is 20.9 Å². The van der Waals surface area contributed by atoms with Gasteiger partial charge >= 0.3 is 0 Å². The summed E-state index contributed by atoms with van der Waals surface area (Å²) >= 11 is 1.62. The third-order valence-electron chi connectivity index (χ3n) is 5.53. The molecule has 0 aliphatic heterocycles. The van der Waals surface area contributed by atoms with Gasteiger partial charge in [-0.2, -0.15) is 0 Å². The van der Waals surface area contributed by atoms with Crippen molar-refractivity contribution in [2.24, 2.45) is 0 Å². The number of aromatic nitrogens is 2. The number of nitrogens with zero attached hydrogens (tertiary/aromatic N) is 2. The van der Waals surface area contributed by atoms with E-state index < -0.39 is 0 Å². The molecule has 2 heterocycles. The summed E-state index contributed by atoms with van der Waals surface area (Å²) in [6.07, 6.45) is 4.41. The summed E-state index contributed by atoms with van der Waals surface area (Å²) in [7, 11) is 0. The van der Waals surface area contributed by atoms with Crippen LogP contribution >= 0.6 is 11.3 Å². The maximum atomic E-state index is 9.55. The van der Waals surface area contributed by atoms with Gasteiger partial charge in [0.05, 0.1) is 17.7 Å². The first-order valence-electron chi connectivity index (χ1n) is 9.36. The van der Waals surface area contributed by atoms with Crippen LogP contribution in [0.5, 0.6) is 0 Å². The molecule has 0 atom stereocenters. The molecule has 28 heavy (non-hydrogen) atoms. The van der Waals surface area contributed by atoms with E-state index in [9.17, 15) is 5.11 Å². The summed E-state index contributed by atoms with van der Waals surface area (Å²) in [5, 5.41) is 10.5. The summed E-state index contributed by atoms with van der Waals surface area (Å²) in [5.74, 6) is 0. The van der Waals surface area contributed by atoms with E-state index >= 15 is 0 Å². The lowest BCUT2D eigenvalue weighted by Crippen LogP contribution is -2.12. The van der Waals surface area contributed by atoms with Gasteiger partial charge in [0.1, 0.15) is 15.4 Å². The number of benzene rings is 2. The summed E-state index contributed by atoms with van der Waals surface area (Å²) < 4.78 is 0. The van der Waals surface area contributed by atoms with E-state index in [1.54, 1.807) is 11.3 Å². The minimum absolute atomic E-state index is 0.0667. The number of aliphatic hydroxyl groups excluding tert-OH is 1. The van der Waals surface area contributed by atoms with Crippen molar-refractivity contribution in [3.63, 3.8) is 0 Å². The average Bonchev–Trinajstić information content (AvgIpc) is 3.41. The predicted octanol–water partition coefficient (Wildman–Crippen LogP) is 5.32. The molecule has 3 nitrogen and oxygen atoms in total. The van der Waals surface area contributed by atoms with Crippen LogP contribution in [0.1, 0.15) is 27.9 Å². The highest BCUT2D eigenvalue weighted by atomic mass is 32.1. The maximum Gasteiger partial charge on any atom is 0.144 e. The highest BCUT2D eigenvalue weighted by Crippen LogP contribution is 2.45. The van der Waals surface area contributed by atoms with Crippen molar-refractivity contribution in [3.8, 4) is 10.6 Å². The zero-order valence-corrected chi connectivity index (χ0v) is 16.6. The molecule has 0 saturated heterocycles. The molecule has 2 aromatic heterocycles. The van der Waals surface area contributed by atoms with Gasteiger partial charge in [0.25, 0.3) is 0 Å². The van der Waals surface area contributed by atoms with Gasteiger partial charge in [-0.15, -0.1) is 0 Å². The molecule has 1 aliphatic rings. The van der Waals surface area contributed by atoms with Crippen LogP contribution in [-0.2, 0) is 12.0 Å². The van der Waals surface area contributed by atoms with E-state index in [1.807, 2.05) is 19.9 Å². The Balaban J connectivity index is 1.57.